The normalized spacial score (nSPS) is 17.9. The summed E-state index contributed by atoms with van der Waals surface area (Å²) in [6, 6.07) is -0.825. The summed E-state index contributed by atoms with van der Waals surface area (Å²) in [5.74, 6) is -0.179. The first-order valence-electron chi connectivity index (χ1n) is 41.0. The average Bonchev–Trinajstić information content (AvgIpc) is 1.01. The van der Waals surface area contributed by atoms with Crippen LogP contribution in [-0.2, 0) is 14.3 Å². The molecule has 546 valence electrons. The van der Waals surface area contributed by atoms with Gasteiger partial charge in [-0.1, -0.05) is 396 Å². The number of rotatable bonds is 73. The Hall–Kier alpha value is -2.11. The fourth-order valence-electron chi connectivity index (χ4n) is 13.2. The topological polar surface area (TPSA) is 149 Å². The molecule has 0 saturated carbocycles. The summed E-state index contributed by atoms with van der Waals surface area (Å²) in [5.41, 5.74) is 0. The van der Waals surface area contributed by atoms with E-state index in [1.54, 1.807) is 6.08 Å². The third-order valence-corrected chi connectivity index (χ3v) is 19.6. The van der Waals surface area contributed by atoms with Gasteiger partial charge in [0.05, 0.1) is 25.4 Å². The van der Waals surface area contributed by atoms with E-state index < -0.39 is 49.5 Å². The standard InChI is InChI=1S/C84H157NO8/c1-3-5-7-9-11-13-15-17-19-21-23-25-27-29-31-33-35-37-38-39-40-42-44-46-48-50-52-54-56-58-60-62-64-66-68-70-72-74-80(88)85-77(76-92-84-83(91)82(90)81(89)79(75-86)93-84)78(87)73-71-69-67-65-63-61-59-57-55-53-51-49-47-45-43-41-36-34-32-30-28-26-24-22-20-18-16-14-12-10-8-6-4-2/h15,17,21,23,27,29,63,65,71,73,77-79,81-84,86-87,89-91H,3-14,16,18-20,22,24-26,28,30-62,64,66-70,72,74-76H2,1-2H3,(H,85,88)/b17-15-,23-21-,29-27-,65-63+,73-71+. The van der Waals surface area contributed by atoms with Crippen molar-refractivity contribution in [1.82, 2.24) is 5.32 Å². The van der Waals surface area contributed by atoms with Gasteiger partial charge in [-0.25, -0.2) is 0 Å². The van der Waals surface area contributed by atoms with Crippen LogP contribution in [-0.4, -0.2) is 87.5 Å². The maximum Gasteiger partial charge on any atom is 0.220 e. The quantitative estimate of drug-likeness (QED) is 0.0261. The number of nitrogens with one attached hydrogen (secondary N) is 1. The van der Waals surface area contributed by atoms with Crippen molar-refractivity contribution in [2.75, 3.05) is 13.2 Å². The van der Waals surface area contributed by atoms with E-state index >= 15 is 0 Å². The molecule has 1 fully saturated rings. The third kappa shape index (κ3) is 60.8. The Labute approximate surface area is 576 Å². The van der Waals surface area contributed by atoms with Crippen LogP contribution in [0.2, 0.25) is 0 Å². The van der Waals surface area contributed by atoms with Gasteiger partial charge in [-0.05, 0) is 70.6 Å². The Kier molecular flexibility index (Phi) is 69.4. The van der Waals surface area contributed by atoms with Crippen molar-refractivity contribution in [3.05, 3.63) is 60.8 Å². The van der Waals surface area contributed by atoms with E-state index in [4.69, 9.17) is 9.47 Å². The lowest BCUT2D eigenvalue weighted by Crippen LogP contribution is -2.60. The largest absolute Gasteiger partial charge is 0.394 e. The van der Waals surface area contributed by atoms with E-state index in [0.717, 1.165) is 51.4 Å². The molecule has 0 aromatic carbocycles. The van der Waals surface area contributed by atoms with Crippen LogP contribution in [0, 0.1) is 0 Å². The van der Waals surface area contributed by atoms with Crippen molar-refractivity contribution in [2.45, 2.75) is 455 Å². The van der Waals surface area contributed by atoms with Crippen LogP contribution in [0.5, 0.6) is 0 Å². The monoisotopic (exact) mass is 1310 g/mol. The summed E-state index contributed by atoms with van der Waals surface area (Å²) in [4.78, 5) is 13.2. The minimum atomic E-state index is -1.57. The molecule has 0 spiro atoms. The molecule has 7 unspecified atom stereocenters. The first-order chi connectivity index (χ1) is 45.8. The van der Waals surface area contributed by atoms with Crippen molar-refractivity contribution in [3.63, 3.8) is 0 Å². The zero-order chi connectivity index (χ0) is 67.1. The number of hydrogen-bond acceptors (Lipinski definition) is 8. The Morgan fingerprint density at radius 2 is 0.645 bits per heavy atom. The lowest BCUT2D eigenvalue weighted by atomic mass is 9.99. The van der Waals surface area contributed by atoms with Gasteiger partial charge in [0.1, 0.15) is 24.4 Å². The SMILES string of the molecule is CCCCCCC/C=C\C/C=C\C/C=C\CCCCCCCCCCCCCCCCCCCCCCCCC(=O)NC(COC1OC(CO)C(O)C(O)C1O)C(O)/C=C/CC/C=C/CCCCCCCCCCCCCCCCCCCCCCCCCCCCC. The highest BCUT2D eigenvalue weighted by Gasteiger charge is 2.44. The first-order valence-corrected chi connectivity index (χ1v) is 41.0. The van der Waals surface area contributed by atoms with E-state index in [1.165, 1.54) is 340 Å². The highest BCUT2D eigenvalue weighted by atomic mass is 16.7. The number of carbonyl (C=O) groups is 1. The summed E-state index contributed by atoms with van der Waals surface area (Å²) in [6.45, 7) is 3.81. The molecule has 0 aliphatic carbocycles. The van der Waals surface area contributed by atoms with Gasteiger partial charge in [0, 0.05) is 6.42 Å². The highest BCUT2D eigenvalue weighted by Crippen LogP contribution is 2.24. The summed E-state index contributed by atoms with van der Waals surface area (Å²) in [5, 5.41) is 54.9. The van der Waals surface area contributed by atoms with Crippen LogP contribution in [0.3, 0.4) is 0 Å². The van der Waals surface area contributed by atoms with Gasteiger partial charge in [0.2, 0.25) is 5.91 Å². The van der Waals surface area contributed by atoms with E-state index in [-0.39, 0.29) is 12.5 Å². The number of aliphatic hydroxyl groups excluding tert-OH is 5. The molecule has 93 heavy (non-hydrogen) atoms. The molecule has 9 nitrogen and oxygen atoms in total. The molecule has 1 aliphatic rings. The molecule has 6 N–H and O–H groups in total. The number of hydrogen-bond donors (Lipinski definition) is 6. The first kappa shape index (κ1) is 88.9. The molecule has 0 bridgehead atoms. The lowest BCUT2D eigenvalue weighted by molar-refractivity contribution is -0.302. The fraction of sp³-hybridized carbons (Fsp3) is 0.869. The van der Waals surface area contributed by atoms with Crippen LogP contribution >= 0.6 is 0 Å². The van der Waals surface area contributed by atoms with Crippen molar-refractivity contribution >= 4 is 5.91 Å². The minimum absolute atomic E-state index is 0.179. The third-order valence-electron chi connectivity index (χ3n) is 19.6. The Bertz CT molecular complexity index is 1660. The van der Waals surface area contributed by atoms with Crippen LogP contribution in [0.4, 0.5) is 0 Å². The van der Waals surface area contributed by atoms with Crippen molar-refractivity contribution in [2.24, 2.45) is 0 Å². The summed E-state index contributed by atoms with van der Waals surface area (Å²) in [6.07, 6.45) is 95.3. The summed E-state index contributed by atoms with van der Waals surface area (Å²) in [7, 11) is 0. The predicted molar refractivity (Wildman–Crippen MR) is 401 cm³/mol. The van der Waals surface area contributed by atoms with Crippen LogP contribution in [0.1, 0.15) is 412 Å². The van der Waals surface area contributed by atoms with Crippen molar-refractivity contribution < 1.29 is 39.8 Å². The number of unbranched alkanes of at least 4 members (excludes halogenated alkanes) is 55. The molecular formula is C84H157NO8. The number of carbonyl (C=O) groups excluding carboxylic acids is 1. The molecule has 1 heterocycles. The van der Waals surface area contributed by atoms with Gasteiger partial charge in [0.15, 0.2) is 6.29 Å². The van der Waals surface area contributed by atoms with Gasteiger partial charge < -0.3 is 40.3 Å². The second kappa shape index (κ2) is 72.6. The van der Waals surface area contributed by atoms with Gasteiger partial charge in [0.25, 0.3) is 0 Å². The molecule has 0 radical (unpaired) electrons. The molecule has 0 aromatic heterocycles. The second-order valence-electron chi connectivity index (χ2n) is 28.6. The van der Waals surface area contributed by atoms with Crippen molar-refractivity contribution in [1.29, 1.82) is 0 Å². The smallest absolute Gasteiger partial charge is 0.220 e. The predicted octanol–water partition coefficient (Wildman–Crippen LogP) is 23.7. The molecule has 1 amide bonds. The van der Waals surface area contributed by atoms with Gasteiger partial charge >= 0.3 is 0 Å². The number of aliphatic hydroxyl groups is 5. The Balaban J connectivity index is 2.07. The average molecular weight is 1310 g/mol. The Morgan fingerprint density at radius 3 is 0.978 bits per heavy atom. The van der Waals surface area contributed by atoms with E-state index in [0.29, 0.717) is 6.42 Å². The van der Waals surface area contributed by atoms with E-state index in [2.05, 4.69) is 67.8 Å². The minimum Gasteiger partial charge on any atom is -0.394 e. The highest BCUT2D eigenvalue weighted by molar-refractivity contribution is 5.76. The summed E-state index contributed by atoms with van der Waals surface area (Å²) >= 11 is 0. The van der Waals surface area contributed by atoms with E-state index in [9.17, 15) is 30.3 Å². The molecule has 1 aliphatic heterocycles. The second-order valence-corrected chi connectivity index (χ2v) is 28.6. The van der Waals surface area contributed by atoms with Crippen LogP contribution in [0.15, 0.2) is 60.8 Å². The number of allylic oxidation sites excluding steroid dienone is 9. The molecule has 9 heteroatoms. The van der Waals surface area contributed by atoms with Crippen LogP contribution in [0.25, 0.3) is 0 Å². The summed E-state index contributed by atoms with van der Waals surface area (Å²) < 4.78 is 11.3. The molecule has 1 saturated heterocycles. The molecule has 1 rings (SSSR count). The Morgan fingerprint density at radius 1 is 0.366 bits per heavy atom. The maximum absolute atomic E-state index is 13.2. The van der Waals surface area contributed by atoms with Crippen molar-refractivity contribution in [3.8, 4) is 0 Å². The number of amides is 1. The molecule has 7 atom stereocenters. The zero-order valence-electron chi connectivity index (χ0n) is 61.5. The number of ether oxygens (including phenoxy) is 2. The molecular weight excluding hydrogens is 1150 g/mol. The van der Waals surface area contributed by atoms with Gasteiger partial charge in [-0.2, -0.15) is 0 Å². The zero-order valence-corrected chi connectivity index (χ0v) is 61.5. The maximum atomic E-state index is 13.2. The lowest BCUT2D eigenvalue weighted by Gasteiger charge is -2.40. The van der Waals surface area contributed by atoms with E-state index in [1.807, 2.05) is 6.08 Å². The van der Waals surface area contributed by atoms with Crippen LogP contribution < -0.4 is 5.32 Å². The van der Waals surface area contributed by atoms with Gasteiger partial charge in [-0.3, -0.25) is 4.79 Å². The fourth-order valence-corrected chi connectivity index (χ4v) is 13.2. The van der Waals surface area contributed by atoms with Gasteiger partial charge in [-0.15, -0.1) is 0 Å². The molecule has 0 aromatic rings.